The number of rotatable bonds is 3. The molecule has 21 heavy (non-hydrogen) atoms. The van der Waals surface area contributed by atoms with E-state index in [1.54, 1.807) is 0 Å². The van der Waals surface area contributed by atoms with Gasteiger partial charge in [0, 0.05) is 7.05 Å². The van der Waals surface area contributed by atoms with E-state index in [2.05, 4.69) is 16.7 Å². The number of allylic oxidation sites excluding steroid dienone is 1. The van der Waals surface area contributed by atoms with Crippen LogP contribution in [0.5, 0.6) is 0 Å². The summed E-state index contributed by atoms with van der Waals surface area (Å²) in [4.78, 5) is 8.56. The maximum atomic E-state index is 6.04. The number of hydrogen-bond donors (Lipinski definition) is 0. The van der Waals surface area contributed by atoms with Crippen LogP contribution in [0, 0.1) is 6.92 Å². The molecule has 0 aromatic carbocycles. The van der Waals surface area contributed by atoms with Crippen LogP contribution in [0.2, 0.25) is 0 Å². The van der Waals surface area contributed by atoms with E-state index in [1.807, 2.05) is 59.2 Å². The van der Waals surface area contributed by atoms with Crippen LogP contribution in [0.25, 0.3) is 6.08 Å². The van der Waals surface area contributed by atoms with Crippen LogP contribution in [0.15, 0.2) is 10.5 Å². The van der Waals surface area contributed by atoms with Crippen molar-refractivity contribution in [1.29, 1.82) is 0 Å². The Morgan fingerprint density at radius 3 is 2.29 bits per heavy atom. The first-order valence-electron chi connectivity index (χ1n) is 7.13. The molecule has 0 unspecified atom stereocenters. The standard InChI is InChI=1S/C15H24BN3O2/c1-10(16-20-14(3,4)15(5,6)21-16)9-12-13(17-7)19(8)11(2)18-12/h9H,7H2,1-6,8H3/b10-9+. The molecule has 0 bridgehead atoms. The average Bonchev–Trinajstić information content (AvgIpc) is 2.74. The minimum atomic E-state index is -0.366. The second-order valence-corrected chi connectivity index (χ2v) is 6.56. The van der Waals surface area contributed by atoms with E-state index in [-0.39, 0.29) is 18.3 Å². The van der Waals surface area contributed by atoms with E-state index in [1.165, 1.54) is 0 Å². The fourth-order valence-corrected chi connectivity index (χ4v) is 2.22. The largest absolute Gasteiger partial charge is 0.490 e. The van der Waals surface area contributed by atoms with E-state index in [0.29, 0.717) is 0 Å². The van der Waals surface area contributed by atoms with Gasteiger partial charge in [0.1, 0.15) is 11.5 Å². The second kappa shape index (κ2) is 5.11. The van der Waals surface area contributed by atoms with Gasteiger partial charge in [0.05, 0.1) is 11.2 Å². The first kappa shape index (κ1) is 16.0. The van der Waals surface area contributed by atoms with E-state index >= 15 is 0 Å². The molecular formula is C15H24BN3O2. The highest BCUT2D eigenvalue weighted by molar-refractivity contribution is 6.55. The molecule has 0 amide bonds. The quantitative estimate of drug-likeness (QED) is 0.634. The first-order valence-corrected chi connectivity index (χ1v) is 7.13. The summed E-state index contributed by atoms with van der Waals surface area (Å²) < 4.78 is 14.0. The van der Waals surface area contributed by atoms with Crippen LogP contribution < -0.4 is 0 Å². The van der Waals surface area contributed by atoms with Gasteiger partial charge < -0.3 is 13.9 Å². The van der Waals surface area contributed by atoms with Gasteiger partial charge in [0.25, 0.3) is 0 Å². The highest BCUT2D eigenvalue weighted by atomic mass is 16.7. The monoisotopic (exact) mass is 289 g/mol. The summed E-state index contributed by atoms with van der Waals surface area (Å²) in [6.07, 6.45) is 1.96. The summed E-state index contributed by atoms with van der Waals surface area (Å²) in [6.45, 7) is 15.7. The topological polar surface area (TPSA) is 48.6 Å². The smallest absolute Gasteiger partial charge is 0.400 e. The SMILES string of the molecule is C=Nc1c(/C=C(\C)B2OC(C)(C)C(C)(C)O2)nc(C)n1C. The van der Waals surface area contributed by atoms with Crippen molar-refractivity contribution in [1.82, 2.24) is 9.55 Å². The van der Waals surface area contributed by atoms with Crippen molar-refractivity contribution in [2.24, 2.45) is 12.0 Å². The van der Waals surface area contributed by atoms with E-state index < -0.39 is 0 Å². The zero-order valence-electron chi connectivity index (χ0n) is 14.0. The number of aliphatic imine (C=N–C) groups is 1. The Morgan fingerprint density at radius 2 is 1.81 bits per heavy atom. The fraction of sp³-hybridized carbons (Fsp3) is 0.600. The highest BCUT2D eigenvalue weighted by Crippen LogP contribution is 2.38. The molecule has 0 atom stereocenters. The molecular weight excluding hydrogens is 265 g/mol. The van der Waals surface area contributed by atoms with Crippen LogP contribution in [-0.4, -0.2) is 34.6 Å². The molecule has 0 radical (unpaired) electrons. The molecule has 114 valence electrons. The molecule has 1 aliphatic heterocycles. The number of imidazole rings is 1. The Labute approximate surface area is 127 Å². The van der Waals surface area contributed by atoms with Crippen molar-refractivity contribution in [3.05, 3.63) is 17.0 Å². The van der Waals surface area contributed by atoms with Crippen molar-refractivity contribution in [2.45, 2.75) is 52.7 Å². The van der Waals surface area contributed by atoms with Gasteiger partial charge in [-0.1, -0.05) is 0 Å². The molecule has 2 rings (SSSR count). The third-order valence-electron chi connectivity index (χ3n) is 4.45. The van der Waals surface area contributed by atoms with Crippen molar-refractivity contribution < 1.29 is 9.31 Å². The first-order chi connectivity index (χ1) is 9.59. The molecule has 1 saturated heterocycles. The number of aromatic nitrogens is 2. The number of aryl methyl sites for hydroxylation is 1. The Morgan fingerprint density at radius 1 is 1.29 bits per heavy atom. The summed E-state index contributed by atoms with van der Waals surface area (Å²) in [6, 6.07) is 0. The van der Waals surface area contributed by atoms with Crippen molar-refractivity contribution in [2.75, 3.05) is 0 Å². The Balaban J connectivity index is 2.32. The van der Waals surface area contributed by atoms with Gasteiger partial charge in [-0.2, -0.15) is 0 Å². The second-order valence-electron chi connectivity index (χ2n) is 6.56. The maximum absolute atomic E-state index is 6.04. The number of nitrogens with zero attached hydrogens (tertiary/aromatic N) is 3. The van der Waals surface area contributed by atoms with E-state index in [4.69, 9.17) is 9.31 Å². The van der Waals surface area contributed by atoms with Crippen LogP contribution >= 0.6 is 0 Å². The molecule has 1 aromatic heterocycles. The highest BCUT2D eigenvalue weighted by Gasteiger charge is 2.51. The van der Waals surface area contributed by atoms with Gasteiger partial charge in [-0.3, -0.25) is 0 Å². The van der Waals surface area contributed by atoms with Crippen molar-refractivity contribution >= 4 is 25.7 Å². The minimum Gasteiger partial charge on any atom is -0.400 e. The molecule has 2 heterocycles. The third-order valence-corrected chi connectivity index (χ3v) is 4.45. The van der Waals surface area contributed by atoms with Gasteiger partial charge in [0.15, 0.2) is 5.82 Å². The van der Waals surface area contributed by atoms with Gasteiger partial charge in [-0.25, -0.2) is 9.98 Å². The summed E-state index contributed by atoms with van der Waals surface area (Å²) in [5.74, 6) is 1.65. The normalized spacial score (nSPS) is 20.9. The van der Waals surface area contributed by atoms with Gasteiger partial charge in [-0.15, -0.1) is 0 Å². The lowest BCUT2D eigenvalue weighted by molar-refractivity contribution is 0.00578. The van der Waals surface area contributed by atoms with Crippen molar-refractivity contribution in [3.8, 4) is 0 Å². The Hall–Kier alpha value is -1.40. The molecule has 1 aliphatic rings. The molecule has 0 N–H and O–H groups in total. The zero-order chi connectivity index (χ0) is 16.0. The lowest BCUT2D eigenvalue weighted by Gasteiger charge is -2.32. The lowest BCUT2D eigenvalue weighted by Crippen LogP contribution is -2.41. The molecule has 1 aromatic rings. The minimum absolute atomic E-state index is 0.341. The van der Waals surface area contributed by atoms with E-state index in [9.17, 15) is 0 Å². The van der Waals surface area contributed by atoms with Crippen LogP contribution in [0.4, 0.5) is 5.82 Å². The third kappa shape index (κ3) is 2.70. The van der Waals surface area contributed by atoms with Crippen LogP contribution in [0.3, 0.4) is 0 Å². The molecule has 5 nitrogen and oxygen atoms in total. The van der Waals surface area contributed by atoms with Crippen LogP contribution in [0.1, 0.15) is 46.1 Å². The number of hydrogen-bond acceptors (Lipinski definition) is 4. The van der Waals surface area contributed by atoms with Gasteiger partial charge >= 0.3 is 7.12 Å². The summed E-state index contributed by atoms with van der Waals surface area (Å²) in [7, 11) is 1.56. The predicted molar refractivity (Wildman–Crippen MR) is 86.9 cm³/mol. The Bertz CT molecular complexity index is 586. The summed E-state index contributed by atoms with van der Waals surface area (Å²) >= 11 is 0. The molecule has 0 spiro atoms. The van der Waals surface area contributed by atoms with Gasteiger partial charge in [-0.05, 0) is 59.8 Å². The molecule has 1 fully saturated rings. The average molecular weight is 289 g/mol. The predicted octanol–water partition coefficient (Wildman–Crippen LogP) is 3.10. The van der Waals surface area contributed by atoms with Crippen molar-refractivity contribution in [3.63, 3.8) is 0 Å². The lowest BCUT2D eigenvalue weighted by atomic mass is 9.79. The molecule has 6 heteroatoms. The maximum Gasteiger partial charge on any atom is 0.490 e. The van der Waals surface area contributed by atoms with E-state index in [0.717, 1.165) is 22.8 Å². The summed E-state index contributed by atoms with van der Waals surface area (Å²) in [5, 5.41) is 0. The van der Waals surface area contributed by atoms with Gasteiger partial charge in [0.2, 0.25) is 0 Å². The molecule has 0 saturated carbocycles. The fourth-order valence-electron chi connectivity index (χ4n) is 2.22. The zero-order valence-corrected chi connectivity index (χ0v) is 14.0. The molecule has 0 aliphatic carbocycles. The van der Waals surface area contributed by atoms with Crippen LogP contribution in [-0.2, 0) is 16.4 Å². The summed E-state index contributed by atoms with van der Waals surface area (Å²) in [5.41, 5.74) is 1.08. The Kier molecular flexibility index (Phi) is 3.89.